The van der Waals surface area contributed by atoms with E-state index in [-0.39, 0.29) is 29.8 Å². The third-order valence-corrected chi connectivity index (χ3v) is 6.16. The molecule has 3 aliphatic rings. The smallest absolute Gasteiger partial charge is 0.253 e. The molecule has 3 saturated heterocycles. The van der Waals surface area contributed by atoms with Crippen LogP contribution in [-0.2, 0) is 9.59 Å². The van der Waals surface area contributed by atoms with E-state index in [2.05, 4.69) is 38.1 Å². The number of fused-ring (bicyclic) bond motifs is 3. The van der Waals surface area contributed by atoms with Gasteiger partial charge in [-0.15, -0.1) is 0 Å². The molecule has 3 heterocycles. The maximum absolute atomic E-state index is 13.3. The van der Waals surface area contributed by atoms with E-state index in [1.807, 2.05) is 42.5 Å². The van der Waals surface area contributed by atoms with E-state index in [1.54, 1.807) is 0 Å². The lowest BCUT2D eigenvalue weighted by atomic mass is 9.90. The highest BCUT2D eigenvalue weighted by molar-refractivity contribution is 9.10. The number of anilines is 1. The Balaban J connectivity index is 1.59. The molecule has 6 heteroatoms. The molecule has 2 amide bonds. The number of carbonyl (C=O) groups excluding carboxylic acids is 2. The number of rotatable bonds is 2. The van der Waals surface area contributed by atoms with Crippen molar-refractivity contribution in [1.29, 1.82) is 0 Å². The second-order valence-corrected chi connectivity index (χ2v) is 7.91. The van der Waals surface area contributed by atoms with Gasteiger partial charge in [-0.1, -0.05) is 46.3 Å². The lowest BCUT2D eigenvalue weighted by Crippen LogP contribution is -2.44. The largest absolute Gasteiger partial charge is 0.274 e. The van der Waals surface area contributed by atoms with Crippen molar-refractivity contribution < 1.29 is 9.59 Å². The molecule has 0 aromatic heterocycles. The fraction of sp³-hybridized carbons (Fsp3) is 0.300. The van der Waals surface area contributed by atoms with Gasteiger partial charge in [-0.2, -0.15) is 0 Å². The van der Waals surface area contributed by atoms with E-state index in [0.717, 1.165) is 29.5 Å². The summed E-state index contributed by atoms with van der Waals surface area (Å²) in [6, 6.07) is 16.9. The Hall–Kier alpha value is -2.02. The molecule has 0 spiro atoms. The number of hydrogen-bond donors (Lipinski definition) is 0. The molecule has 26 heavy (non-hydrogen) atoms. The predicted octanol–water partition coefficient (Wildman–Crippen LogP) is 2.98. The Labute approximate surface area is 160 Å². The molecule has 0 saturated carbocycles. The van der Waals surface area contributed by atoms with Crippen LogP contribution in [0.15, 0.2) is 59.1 Å². The zero-order chi connectivity index (χ0) is 17.8. The van der Waals surface area contributed by atoms with Crippen molar-refractivity contribution in [3.63, 3.8) is 0 Å². The SMILES string of the molecule is O=C1C2C(C(=O)N1c1ccccc1)N1CCCN1C2c1ccc(Br)cc1. The lowest BCUT2D eigenvalue weighted by Gasteiger charge is -2.29. The first-order valence-electron chi connectivity index (χ1n) is 8.88. The summed E-state index contributed by atoms with van der Waals surface area (Å²) in [4.78, 5) is 27.9. The molecule has 0 aliphatic carbocycles. The van der Waals surface area contributed by atoms with Crippen LogP contribution < -0.4 is 4.90 Å². The molecule has 2 aromatic rings. The zero-order valence-corrected chi connectivity index (χ0v) is 15.7. The molecule has 3 fully saturated rings. The van der Waals surface area contributed by atoms with Gasteiger partial charge in [-0.05, 0) is 36.2 Å². The lowest BCUT2D eigenvalue weighted by molar-refractivity contribution is -0.126. The van der Waals surface area contributed by atoms with Crippen LogP contribution in [-0.4, -0.2) is 41.0 Å². The van der Waals surface area contributed by atoms with Crippen molar-refractivity contribution in [3.8, 4) is 0 Å². The number of para-hydroxylation sites is 1. The van der Waals surface area contributed by atoms with Crippen molar-refractivity contribution in [1.82, 2.24) is 10.0 Å². The van der Waals surface area contributed by atoms with E-state index in [1.165, 1.54) is 4.90 Å². The van der Waals surface area contributed by atoms with Crippen LogP contribution in [0.5, 0.6) is 0 Å². The highest BCUT2D eigenvalue weighted by atomic mass is 79.9. The molecule has 0 radical (unpaired) electrons. The van der Waals surface area contributed by atoms with E-state index in [9.17, 15) is 9.59 Å². The van der Waals surface area contributed by atoms with Crippen molar-refractivity contribution in [2.75, 3.05) is 18.0 Å². The van der Waals surface area contributed by atoms with Crippen LogP contribution in [0.3, 0.4) is 0 Å². The Morgan fingerprint density at radius 1 is 0.808 bits per heavy atom. The van der Waals surface area contributed by atoms with Crippen molar-refractivity contribution in [3.05, 3.63) is 64.6 Å². The van der Waals surface area contributed by atoms with Gasteiger partial charge in [0.05, 0.1) is 17.6 Å². The minimum absolute atomic E-state index is 0.0826. The van der Waals surface area contributed by atoms with Crippen molar-refractivity contribution in [2.45, 2.75) is 18.5 Å². The average Bonchev–Trinajstić information content (AvgIpc) is 3.29. The third kappa shape index (κ3) is 2.22. The summed E-state index contributed by atoms with van der Waals surface area (Å²) in [7, 11) is 0. The number of hydrazine groups is 1. The molecule has 5 rings (SSSR count). The summed E-state index contributed by atoms with van der Waals surface area (Å²) in [6.45, 7) is 1.72. The minimum atomic E-state index is -0.390. The Bertz CT molecular complexity index is 870. The Morgan fingerprint density at radius 3 is 2.15 bits per heavy atom. The maximum atomic E-state index is 13.3. The van der Waals surface area contributed by atoms with Gasteiger partial charge in [0.1, 0.15) is 6.04 Å². The van der Waals surface area contributed by atoms with Crippen LogP contribution in [0.25, 0.3) is 0 Å². The standard InChI is InChI=1S/C20H18BrN3O2/c21-14-9-7-13(8-10-14)17-16-18(23-12-4-11-22(17)23)20(26)24(19(16)25)15-5-2-1-3-6-15/h1-3,5-10,16-18H,4,11-12H2. The molecular weight excluding hydrogens is 394 g/mol. The highest BCUT2D eigenvalue weighted by Gasteiger charge is 2.62. The van der Waals surface area contributed by atoms with Crippen LogP contribution in [0.2, 0.25) is 0 Å². The number of benzene rings is 2. The summed E-state index contributed by atoms with van der Waals surface area (Å²) in [5.41, 5.74) is 1.75. The van der Waals surface area contributed by atoms with Crippen LogP contribution in [0.1, 0.15) is 18.0 Å². The van der Waals surface area contributed by atoms with Crippen molar-refractivity contribution >= 4 is 33.4 Å². The van der Waals surface area contributed by atoms with Gasteiger partial charge in [0.15, 0.2) is 0 Å². The Kier molecular flexibility index (Phi) is 3.74. The van der Waals surface area contributed by atoms with Crippen LogP contribution in [0.4, 0.5) is 5.69 Å². The summed E-state index contributed by atoms with van der Waals surface area (Å²) in [6.07, 6.45) is 1.02. The maximum Gasteiger partial charge on any atom is 0.253 e. The molecule has 0 N–H and O–H groups in total. The van der Waals surface area contributed by atoms with E-state index in [4.69, 9.17) is 0 Å². The van der Waals surface area contributed by atoms with Gasteiger partial charge in [0.2, 0.25) is 5.91 Å². The number of hydrogen-bond acceptors (Lipinski definition) is 4. The normalized spacial score (nSPS) is 28.7. The second-order valence-electron chi connectivity index (χ2n) is 6.99. The minimum Gasteiger partial charge on any atom is -0.274 e. The van der Waals surface area contributed by atoms with Gasteiger partial charge < -0.3 is 0 Å². The fourth-order valence-corrected chi connectivity index (χ4v) is 4.87. The van der Waals surface area contributed by atoms with E-state index < -0.39 is 0 Å². The third-order valence-electron chi connectivity index (χ3n) is 5.63. The average molecular weight is 412 g/mol. The van der Waals surface area contributed by atoms with Crippen molar-refractivity contribution in [2.24, 2.45) is 5.92 Å². The first-order valence-corrected chi connectivity index (χ1v) is 9.67. The molecule has 3 unspecified atom stereocenters. The fourth-order valence-electron chi connectivity index (χ4n) is 4.60. The van der Waals surface area contributed by atoms with Gasteiger partial charge in [-0.25, -0.2) is 14.9 Å². The highest BCUT2D eigenvalue weighted by Crippen LogP contribution is 2.48. The van der Waals surface area contributed by atoms with Gasteiger partial charge in [0, 0.05) is 17.6 Å². The van der Waals surface area contributed by atoms with Gasteiger partial charge in [-0.3, -0.25) is 9.59 Å². The summed E-state index contributed by atoms with van der Waals surface area (Å²) in [5, 5.41) is 4.36. The summed E-state index contributed by atoms with van der Waals surface area (Å²) in [5.74, 6) is -0.546. The van der Waals surface area contributed by atoms with E-state index in [0.29, 0.717) is 5.69 Å². The molecule has 5 nitrogen and oxygen atoms in total. The number of imide groups is 1. The molecule has 3 atom stereocenters. The molecule has 132 valence electrons. The number of halogens is 1. The molecular formula is C20H18BrN3O2. The molecule has 2 aromatic carbocycles. The van der Waals surface area contributed by atoms with Gasteiger partial charge in [0.25, 0.3) is 5.91 Å². The van der Waals surface area contributed by atoms with Gasteiger partial charge >= 0.3 is 0 Å². The number of nitrogens with zero attached hydrogens (tertiary/aromatic N) is 3. The van der Waals surface area contributed by atoms with Crippen LogP contribution >= 0.6 is 15.9 Å². The quantitative estimate of drug-likeness (QED) is 0.712. The second kappa shape index (κ2) is 6.01. The zero-order valence-electron chi connectivity index (χ0n) is 14.1. The topological polar surface area (TPSA) is 43.9 Å². The number of carbonyl (C=O) groups is 2. The first-order chi connectivity index (χ1) is 12.7. The molecule has 3 aliphatic heterocycles. The van der Waals surface area contributed by atoms with E-state index >= 15 is 0 Å². The number of amides is 2. The predicted molar refractivity (Wildman–Crippen MR) is 101 cm³/mol. The summed E-state index contributed by atoms with van der Waals surface area (Å²) < 4.78 is 1.01. The monoisotopic (exact) mass is 411 g/mol. The molecule has 0 bridgehead atoms. The summed E-state index contributed by atoms with van der Waals surface area (Å²) >= 11 is 3.48. The Morgan fingerprint density at radius 2 is 1.46 bits per heavy atom. The first kappa shape index (κ1) is 16.2. The van der Waals surface area contributed by atoms with Crippen LogP contribution in [0, 0.1) is 5.92 Å².